The Labute approximate surface area is 347 Å². The van der Waals surface area contributed by atoms with Crippen molar-refractivity contribution in [1.29, 1.82) is 0 Å². The van der Waals surface area contributed by atoms with Crippen LogP contribution in [0.1, 0.15) is 94.9 Å². The van der Waals surface area contributed by atoms with Gasteiger partial charge < -0.3 is 49.3 Å². The molecule has 4 rings (SSSR count). The molecule has 11 heteroatoms. The zero-order valence-corrected chi connectivity index (χ0v) is 35.9. The number of methoxy groups -OCH3 is 1. The van der Waals surface area contributed by atoms with Crippen LogP contribution in [0.5, 0.6) is 23.0 Å². The summed E-state index contributed by atoms with van der Waals surface area (Å²) in [7, 11) is 1.70. The van der Waals surface area contributed by atoms with E-state index in [2.05, 4.69) is 37.4 Å². The van der Waals surface area contributed by atoms with E-state index in [0.717, 1.165) is 84.8 Å². The highest BCUT2D eigenvalue weighted by Gasteiger charge is 2.43. The lowest BCUT2D eigenvalue weighted by molar-refractivity contribution is -0.00708. The molecule has 318 valence electrons. The van der Waals surface area contributed by atoms with Gasteiger partial charge in [0, 0.05) is 36.7 Å². The number of halogens is 1. The van der Waals surface area contributed by atoms with Crippen molar-refractivity contribution < 1.29 is 38.3 Å². The highest BCUT2D eigenvalue weighted by Crippen LogP contribution is 2.50. The highest BCUT2D eigenvalue weighted by molar-refractivity contribution is 6.17. The first-order valence-electron chi connectivity index (χ1n) is 20.8. The summed E-state index contributed by atoms with van der Waals surface area (Å²) in [6.45, 7) is 13.8. The fourth-order valence-corrected chi connectivity index (χ4v) is 7.54. The molecular weight excluding hydrogens is 744 g/mol. The van der Waals surface area contributed by atoms with Crippen LogP contribution in [0, 0.1) is 11.3 Å². The Morgan fingerprint density at radius 2 is 1.58 bits per heavy atom. The van der Waals surface area contributed by atoms with E-state index in [4.69, 9.17) is 50.5 Å². The Kier molecular flexibility index (Phi) is 20.4. The number of hydrogen-bond donors (Lipinski definition) is 3. The molecule has 1 saturated carbocycles. The predicted octanol–water partition coefficient (Wildman–Crippen LogP) is 8.84. The summed E-state index contributed by atoms with van der Waals surface area (Å²) in [5.41, 5.74) is 11.9. The number of ether oxygens (including phenoxy) is 7. The van der Waals surface area contributed by atoms with E-state index < -0.39 is 0 Å². The van der Waals surface area contributed by atoms with Crippen molar-refractivity contribution >= 4 is 23.8 Å². The summed E-state index contributed by atoms with van der Waals surface area (Å²) in [6, 6.07) is 7.98. The van der Waals surface area contributed by atoms with Crippen LogP contribution < -0.4 is 25.3 Å². The molecule has 0 saturated heterocycles. The van der Waals surface area contributed by atoms with E-state index in [1.165, 1.54) is 18.4 Å². The molecule has 2 aromatic rings. The average Bonchev–Trinajstić information content (AvgIpc) is 3.18. The van der Waals surface area contributed by atoms with Gasteiger partial charge in [-0.25, -0.2) is 0 Å². The largest absolute Gasteiger partial charge is 0.507 e. The van der Waals surface area contributed by atoms with Crippen molar-refractivity contribution in [3.63, 3.8) is 0 Å². The minimum absolute atomic E-state index is 0.188. The standard InChI is InChI=1S/C46H69ClN2O8/c1-34(2)12-15-39-41(50)28-36(14-13-35-27-37-31-40-42(11-10-16-46(40,3)4)57-45(37)44(30-35)51-5)29-43(39)56-26-25-55-33-38(48)32-49-18-20-53-22-24-54-23-21-52-19-9-7-6-8-17-47/h12-14,27-30,32,40,42,49-50H,6-11,15-26,31,33,48H2,1-5H3/b14-13+,38-32-. The maximum absolute atomic E-state index is 11.1. The van der Waals surface area contributed by atoms with Crippen molar-refractivity contribution in [1.82, 2.24) is 5.32 Å². The van der Waals surface area contributed by atoms with E-state index >= 15 is 0 Å². The molecule has 0 aromatic heterocycles. The van der Waals surface area contributed by atoms with Crippen LogP contribution in [0.15, 0.2) is 47.8 Å². The first-order valence-corrected chi connectivity index (χ1v) is 21.4. The third-order valence-electron chi connectivity index (χ3n) is 10.6. The van der Waals surface area contributed by atoms with Crippen LogP contribution in [-0.4, -0.2) is 90.2 Å². The third-order valence-corrected chi connectivity index (χ3v) is 10.9. The summed E-state index contributed by atoms with van der Waals surface area (Å²) >= 11 is 5.69. The number of nitrogens with one attached hydrogen (secondary N) is 1. The number of nitrogens with two attached hydrogens (primary N) is 1. The molecule has 2 atom stereocenters. The monoisotopic (exact) mass is 812 g/mol. The summed E-state index contributed by atoms with van der Waals surface area (Å²) in [6.07, 6.45) is 17.6. The van der Waals surface area contributed by atoms with Gasteiger partial charge >= 0.3 is 0 Å². The van der Waals surface area contributed by atoms with Gasteiger partial charge in [-0.15, -0.1) is 11.6 Å². The first-order chi connectivity index (χ1) is 27.6. The van der Waals surface area contributed by atoms with E-state index in [0.29, 0.717) is 76.6 Å². The molecule has 1 aliphatic heterocycles. The van der Waals surface area contributed by atoms with Gasteiger partial charge in [-0.2, -0.15) is 0 Å². The summed E-state index contributed by atoms with van der Waals surface area (Å²) in [5, 5.41) is 14.3. The lowest BCUT2D eigenvalue weighted by atomic mass is 9.64. The molecule has 0 amide bonds. The molecule has 0 spiro atoms. The number of fused-ring (bicyclic) bond motifs is 2. The lowest BCUT2D eigenvalue weighted by Gasteiger charge is -2.47. The van der Waals surface area contributed by atoms with E-state index in [9.17, 15) is 5.11 Å². The van der Waals surface area contributed by atoms with Crippen LogP contribution in [-0.2, 0) is 31.8 Å². The number of rotatable bonds is 27. The van der Waals surface area contributed by atoms with E-state index in [1.807, 2.05) is 32.1 Å². The van der Waals surface area contributed by atoms with Crippen LogP contribution in [0.3, 0.4) is 0 Å². The van der Waals surface area contributed by atoms with Crippen LogP contribution >= 0.6 is 11.6 Å². The number of aromatic hydroxyl groups is 1. The molecule has 2 aliphatic rings. The van der Waals surface area contributed by atoms with E-state index in [1.54, 1.807) is 19.4 Å². The summed E-state index contributed by atoms with van der Waals surface area (Å²) < 4.78 is 41.1. The molecule has 10 nitrogen and oxygen atoms in total. The quantitative estimate of drug-likeness (QED) is 0.0349. The minimum Gasteiger partial charge on any atom is -0.507 e. The van der Waals surface area contributed by atoms with Gasteiger partial charge in [-0.1, -0.05) is 50.5 Å². The molecule has 0 bridgehead atoms. The second kappa shape index (κ2) is 25.2. The van der Waals surface area contributed by atoms with Gasteiger partial charge in [0.25, 0.3) is 0 Å². The van der Waals surface area contributed by atoms with Crippen LogP contribution in [0.25, 0.3) is 12.2 Å². The van der Waals surface area contributed by atoms with Gasteiger partial charge in [0.05, 0.1) is 59.1 Å². The molecule has 2 aromatic carbocycles. The zero-order valence-electron chi connectivity index (χ0n) is 35.2. The minimum atomic E-state index is 0.188. The third kappa shape index (κ3) is 16.0. The Morgan fingerprint density at radius 1 is 0.895 bits per heavy atom. The van der Waals surface area contributed by atoms with Gasteiger partial charge in [0.2, 0.25) is 0 Å². The molecule has 1 fully saturated rings. The molecule has 1 aliphatic carbocycles. The second-order valence-corrected chi connectivity index (χ2v) is 16.3. The number of alkyl halides is 1. The topological polar surface area (TPSA) is 123 Å². The summed E-state index contributed by atoms with van der Waals surface area (Å²) in [5.74, 6) is 3.65. The van der Waals surface area contributed by atoms with E-state index in [-0.39, 0.29) is 23.9 Å². The van der Waals surface area contributed by atoms with Crippen molar-refractivity contribution in [2.24, 2.45) is 17.1 Å². The fourth-order valence-electron chi connectivity index (χ4n) is 7.35. The number of phenols is 1. The smallest absolute Gasteiger partial charge is 0.164 e. The van der Waals surface area contributed by atoms with Crippen LogP contribution in [0.2, 0.25) is 0 Å². The number of benzene rings is 2. The SMILES string of the molecule is COc1cc(/C=C/c2cc(O)c(CC=C(C)C)c(OCCOC/C(N)=C/NCCOCCOCCOCCCCCCCl)c2)cc2c1OC1CCCC(C)(C)C1C2. The van der Waals surface area contributed by atoms with Gasteiger partial charge in [-0.3, -0.25) is 0 Å². The number of hydrogen-bond acceptors (Lipinski definition) is 10. The molecule has 57 heavy (non-hydrogen) atoms. The Morgan fingerprint density at radius 3 is 2.32 bits per heavy atom. The molecule has 0 radical (unpaired) electrons. The lowest BCUT2D eigenvalue weighted by Crippen LogP contribution is -2.45. The average molecular weight is 814 g/mol. The fraction of sp³-hybridized carbons (Fsp3) is 0.609. The number of unbranched alkanes of at least 4 members (excludes halogenated alkanes) is 3. The normalized spacial score (nSPS) is 17.5. The van der Waals surface area contributed by atoms with Gasteiger partial charge in [0.1, 0.15) is 24.2 Å². The van der Waals surface area contributed by atoms with Crippen molar-refractivity contribution in [2.45, 2.75) is 91.6 Å². The maximum atomic E-state index is 11.1. The molecule has 1 heterocycles. The molecule has 2 unspecified atom stereocenters. The highest BCUT2D eigenvalue weighted by atomic mass is 35.5. The predicted molar refractivity (Wildman–Crippen MR) is 231 cm³/mol. The number of allylic oxidation sites excluding steroid dienone is 2. The molecule has 4 N–H and O–H groups in total. The van der Waals surface area contributed by atoms with Crippen molar-refractivity contribution in [2.75, 3.05) is 79.0 Å². The van der Waals surface area contributed by atoms with Crippen molar-refractivity contribution in [3.8, 4) is 23.0 Å². The zero-order chi connectivity index (χ0) is 40.9. The maximum Gasteiger partial charge on any atom is 0.164 e. The van der Waals surface area contributed by atoms with Crippen LogP contribution in [0.4, 0.5) is 0 Å². The van der Waals surface area contributed by atoms with Gasteiger partial charge in [0.15, 0.2) is 11.5 Å². The summed E-state index contributed by atoms with van der Waals surface area (Å²) in [4.78, 5) is 0. The second-order valence-electron chi connectivity index (χ2n) is 15.9. The Balaban J connectivity index is 1.20. The molecular formula is C46H69ClN2O8. The first kappa shape index (κ1) is 46.3. The van der Waals surface area contributed by atoms with Gasteiger partial charge in [-0.05, 0) is 105 Å². The Hall–Kier alpha value is -3.41. The Bertz CT molecular complexity index is 1590. The number of phenolic OH excluding ortho intramolecular Hbond substituents is 1. The van der Waals surface area contributed by atoms with Crippen molar-refractivity contribution in [3.05, 3.63) is 70.1 Å².